The number of pyridine rings is 2. The molecule has 0 bridgehead atoms. The number of hydrogen-bond acceptors (Lipinski definition) is 4. The number of aromatic nitrogens is 2. The Morgan fingerprint density at radius 1 is 1.17 bits per heavy atom. The summed E-state index contributed by atoms with van der Waals surface area (Å²) in [5, 5.41) is 0.811. The maximum atomic E-state index is 11.7. The number of nitrogens with two attached hydrogens (primary N) is 1. The molecule has 1 unspecified atom stereocenters. The lowest BCUT2D eigenvalue weighted by Crippen LogP contribution is -2.12. The van der Waals surface area contributed by atoms with E-state index in [0.717, 1.165) is 21.4 Å². The number of primary amides is 1. The first-order valence-corrected chi connectivity index (χ1v) is 8.10. The van der Waals surface area contributed by atoms with E-state index in [4.69, 9.17) is 5.73 Å². The summed E-state index contributed by atoms with van der Waals surface area (Å²) in [5.41, 5.74) is 7.77. The van der Waals surface area contributed by atoms with Crippen molar-refractivity contribution in [2.24, 2.45) is 5.73 Å². The van der Waals surface area contributed by atoms with Crippen molar-refractivity contribution in [3.8, 4) is 11.1 Å². The van der Waals surface area contributed by atoms with Crippen molar-refractivity contribution in [3.05, 3.63) is 54.5 Å². The second kappa shape index (κ2) is 6.64. The molecule has 0 aliphatic carbocycles. The van der Waals surface area contributed by atoms with E-state index in [2.05, 4.69) is 9.97 Å². The molecule has 0 radical (unpaired) electrons. The molecule has 0 aliphatic heterocycles. The molecule has 7 heteroatoms. The second-order valence-electron chi connectivity index (χ2n) is 4.80. The number of benzene rings is 1. The van der Waals surface area contributed by atoms with E-state index < -0.39 is 16.7 Å². The highest BCUT2D eigenvalue weighted by molar-refractivity contribution is 7.84. The average molecular weight is 329 g/mol. The van der Waals surface area contributed by atoms with Crippen LogP contribution in [0.1, 0.15) is 10.5 Å². The molecular weight excluding hydrogens is 314 g/mol. The number of hydrogen-bond donors (Lipinski definition) is 1. The third-order valence-electron chi connectivity index (χ3n) is 3.33. The lowest BCUT2D eigenvalue weighted by atomic mass is 10.0. The van der Waals surface area contributed by atoms with Crippen molar-refractivity contribution in [2.75, 3.05) is 6.26 Å². The Labute approximate surface area is 135 Å². The molecule has 1 amide bonds. The summed E-state index contributed by atoms with van der Waals surface area (Å²) in [6.07, 6.45) is 4.99. The first kappa shape index (κ1) is 16.7. The first-order valence-electron chi connectivity index (χ1n) is 6.54. The van der Waals surface area contributed by atoms with E-state index >= 15 is 0 Å². The Balaban J connectivity index is 0.00000192. The van der Waals surface area contributed by atoms with Crippen LogP contribution in [-0.2, 0) is 10.8 Å². The van der Waals surface area contributed by atoms with Crippen molar-refractivity contribution >= 4 is 27.6 Å². The van der Waals surface area contributed by atoms with E-state index in [1.54, 1.807) is 36.8 Å². The summed E-state index contributed by atoms with van der Waals surface area (Å²) in [4.78, 5) is 20.6. The lowest BCUT2D eigenvalue weighted by molar-refractivity contribution is 0.0996. The van der Waals surface area contributed by atoms with E-state index in [0.29, 0.717) is 5.52 Å². The first-order chi connectivity index (χ1) is 10.6. The molecule has 0 aliphatic rings. The summed E-state index contributed by atoms with van der Waals surface area (Å²) in [5.74, 6) is -0.576. The summed E-state index contributed by atoms with van der Waals surface area (Å²) in [6.45, 7) is 0. The molecule has 3 aromatic rings. The van der Waals surface area contributed by atoms with E-state index in [1.807, 2.05) is 18.2 Å². The average Bonchev–Trinajstić information content (AvgIpc) is 2.53. The molecule has 1 aromatic carbocycles. The number of rotatable bonds is 3. The lowest BCUT2D eigenvalue weighted by Gasteiger charge is -2.07. The van der Waals surface area contributed by atoms with Gasteiger partial charge in [-0.05, 0) is 29.8 Å². The monoisotopic (exact) mass is 329 g/mol. The fraction of sp³-hybridized carbons (Fsp3) is 0.0625. The van der Waals surface area contributed by atoms with Gasteiger partial charge in [0, 0.05) is 45.3 Å². The molecule has 0 fully saturated rings. The number of amides is 1. The Morgan fingerprint density at radius 2 is 1.96 bits per heavy atom. The van der Waals surface area contributed by atoms with Crippen LogP contribution in [0.15, 0.2) is 53.7 Å². The van der Waals surface area contributed by atoms with Crippen LogP contribution < -0.4 is 5.73 Å². The number of nitrogens with zero attached hydrogens (tertiary/aromatic N) is 2. The van der Waals surface area contributed by atoms with Gasteiger partial charge in [-0.15, -0.1) is 0 Å². The van der Waals surface area contributed by atoms with Gasteiger partial charge in [0.05, 0.1) is 5.52 Å². The van der Waals surface area contributed by atoms with E-state index in [9.17, 15) is 9.00 Å². The van der Waals surface area contributed by atoms with Gasteiger partial charge in [-0.25, -0.2) is 4.98 Å². The molecule has 0 saturated carbocycles. The normalized spacial score (nSPS) is 11.7. The maximum Gasteiger partial charge on any atom is 0.267 e. The topological polar surface area (TPSA) is 117 Å². The standard InChI is InChI=1S/C16H13N3O2S.H2O/c1-22(21)12-4-2-3-10(7-12)13-9-18-8-11-5-6-14(16(17)20)19-15(11)13;/h2-9H,1H3,(H2,17,20);1H2. The minimum Gasteiger partial charge on any atom is -0.412 e. The molecule has 2 heterocycles. The summed E-state index contributed by atoms with van der Waals surface area (Å²) < 4.78 is 11.7. The highest BCUT2D eigenvalue weighted by atomic mass is 32.2. The predicted octanol–water partition coefficient (Wildman–Crippen LogP) is 1.31. The van der Waals surface area contributed by atoms with Crippen molar-refractivity contribution in [3.63, 3.8) is 0 Å². The van der Waals surface area contributed by atoms with Crippen molar-refractivity contribution < 1.29 is 14.5 Å². The highest BCUT2D eigenvalue weighted by Gasteiger charge is 2.10. The van der Waals surface area contributed by atoms with Gasteiger partial charge in [0.1, 0.15) is 5.69 Å². The van der Waals surface area contributed by atoms with Crippen LogP contribution in [0.25, 0.3) is 22.0 Å². The third-order valence-corrected chi connectivity index (χ3v) is 4.25. The molecule has 23 heavy (non-hydrogen) atoms. The smallest absolute Gasteiger partial charge is 0.267 e. The van der Waals surface area contributed by atoms with Crippen molar-refractivity contribution in [2.45, 2.75) is 4.90 Å². The van der Waals surface area contributed by atoms with Gasteiger partial charge >= 0.3 is 0 Å². The van der Waals surface area contributed by atoms with Crippen LogP contribution in [0.5, 0.6) is 0 Å². The van der Waals surface area contributed by atoms with Crippen LogP contribution in [0, 0.1) is 0 Å². The number of carbonyl (C=O) groups excluding carboxylic acids is 1. The second-order valence-corrected chi connectivity index (χ2v) is 6.18. The van der Waals surface area contributed by atoms with Crippen LogP contribution >= 0.6 is 0 Å². The quantitative estimate of drug-likeness (QED) is 0.779. The molecular formula is C16H15N3O3S. The van der Waals surface area contributed by atoms with Gasteiger partial charge in [0.15, 0.2) is 0 Å². The summed E-state index contributed by atoms with van der Waals surface area (Å²) >= 11 is 0. The Kier molecular flexibility index (Phi) is 4.83. The largest absolute Gasteiger partial charge is 0.412 e. The zero-order chi connectivity index (χ0) is 15.7. The molecule has 0 spiro atoms. The van der Waals surface area contributed by atoms with Gasteiger partial charge in [0.2, 0.25) is 0 Å². The Morgan fingerprint density at radius 3 is 2.65 bits per heavy atom. The fourth-order valence-corrected chi connectivity index (χ4v) is 2.80. The molecule has 6 nitrogen and oxygen atoms in total. The summed E-state index contributed by atoms with van der Waals surface area (Å²) in [7, 11) is -1.07. The molecule has 1 atom stereocenters. The minimum absolute atomic E-state index is 0. The highest BCUT2D eigenvalue weighted by Crippen LogP contribution is 2.27. The third kappa shape index (κ3) is 3.25. The summed E-state index contributed by atoms with van der Waals surface area (Å²) in [6, 6.07) is 10.7. The molecule has 118 valence electrons. The SMILES string of the molecule is CS(=O)c1cccc(-c2cncc3ccc(C(N)=O)nc23)c1.O. The van der Waals surface area contributed by atoms with Gasteiger partial charge in [0.25, 0.3) is 5.91 Å². The number of fused-ring (bicyclic) bond motifs is 1. The number of carbonyl (C=O) groups is 1. The van der Waals surface area contributed by atoms with Crippen LogP contribution in [0.4, 0.5) is 0 Å². The Hall–Kier alpha value is -2.64. The zero-order valence-corrected chi connectivity index (χ0v) is 13.1. The zero-order valence-electron chi connectivity index (χ0n) is 12.3. The molecule has 2 aromatic heterocycles. The van der Waals surface area contributed by atoms with Gasteiger partial charge in [-0.3, -0.25) is 14.0 Å². The fourth-order valence-electron chi connectivity index (χ4n) is 2.23. The van der Waals surface area contributed by atoms with Crippen LogP contribution in [0.3, 0.4) is 0 Å². The van der Waals surface area contributed by atoms with Gasteiger partial charge in [-0.1, -0.05) is 12.1 Å². The van der Waals surface area contributed by atoms with Gasteiger partial charge < -0.3 is 11.2 Å². The van der Waals surface area contributed by atoms with Crippen molar-refractivity contribution in [1.29, 1.82) is 0 Å². The minimum atomic E-state index is -1.07. The predicted molar refractivity (Wildman–Crippen MR) is 89.4 cm³/mol. The van der Waals surface area contributed by atoms with Crippen LogP contribution in [0.2, 0.25) is 0 Å². The van der Waals surface area contributed by atoms with Crippen LogP contribution in [-0.4, -0.2) is 31.8 Å². The van der Waals surface area contributed by atoms with Gasteiger partial charge in [-0.2, -0.15) is 0 Å². The molecule has 4 N–H and O–H groups in total. The molecule has 0 saturated heterocycles. The molecule has 3 rings (SSSR count). The van der Waals surface area contributed by atoms with E-state index in [1.165, 1.54) is 0 Å². The Bertz CT molecular complexity index is 912. The van der Waals surface area contributed by atoms with Crippen molar-refractivity contribution in [1.82, 2.24) is 9.97 Å². The van der Waals surface area contributed by atoms with E-state index in [-0.39, 0.29) is 11.2 Å². The maximum absolute atomic E-state index is 11.7.